The summed E-state index contributed by atoms with van der Waals surface area (Å²) in [7, 11) is 3.08. The third-order valence-electron chi connectivity index (χ3n) is 4.84. The maximum Gasteiger partial charge on any atom is 0.341 e. The second-order valence-electron chi connectivity index (χ2n) is 6.44. The molecule has 2 aromatic carbocycles. The average Bonchev–Trinajstić information content (AvgIpc) is 3.19. The van der Waals surface area contributed by atoms with Crippen molar-refractivity contribution in [2.24, 2.45) is 0 Å². The zero-order valence-electron chi connectivity index (χ0n) is 16.3. The predicted octanol–water partition coefficient (Wildman–Crippen LogP) is 2.95. The molecule has 1 N–H and O–H groups in total. The number of ether oxygens (including phenoxy) is 4. The van der Waals surface area contributed by atoms with Gasteiger partial charge in [-0.1, -0.05) is 30.8 Å². The third kappa shape index (κ3) is 4.01. The van der Waals surface area contributed by atoms with E-state index in [1.54, 1.807) is 55.6 Å². The first kappa shape index (κ1) is 20.6. The Bertz CT molecular complexity index is 912. The molecule has 1 heterocycles. The van der Waals surface area contributed by atoms with Crippen LogP contribution in [0.15, 0.2) is 61.2 Å². The number of benzene rings is 2. The highest BCUT2D eigenvalue weighted by atomic mass is 16.6. The summed E-state index contributed by atoms with van der Waals surface area (Å²) < 4.78 is 21.9. The van der Waals surface area contributed by atoms with E-state index in [-0.39, 0.29) is 0 Å². The molecule has 7 heteroatoms. The summed E-state index contributed by atoms with van der Waals surface area (Å²) in [6.07, 6.45) is 0.949. The van der Waals surface area contributed by atoms with E-state index in [0.29, 0.717) is 35.8 Å². The number of hydrogen-bond donors (Lipinski definition) is 1. The Hall–Kier alpha value is -3.16. The van der Waals surface area contributed by atoms with Gasteiger partial charge in [0, 0.05) is 24.8 Å². The quantitative estimate of drug-likeness (QED) is 0.437. The van der Waals surface area contributed by atoms with Gasteiger partial charge in [0.1, 0.15) is 17.2 Å². The Labute approximate surface area is 169 Å². The number of esters is 2. The highest BCUT2D eigenvalue weighted by Crippen LogP contribution is 2.41. The van der Waals surface area contributed by atoms with Crippen molar-refractivity contribution in [3.63, 3.8) is 0 Å². The Balaban J connectivity index is 2.06. The number of methoxy groups -OCH3 is 2. The second kappa shape index (κ2) is 8.89. The van der Waals surface area contributed by atoms with Gasteiger partial charge in [-0.05, 0) is 31.2 Å². The van der Waals surface area contributed by atoms with E-state index in [1.807, 2.05) is 0 Å². The van der Waals surface area contributed by atoms with Crippen LogP contribution in [0.25, 0.3) is 0 Å². The number of carbonyl (C=O) groups excluding carboxylic acids is 2. The number of hydrogen-bond acceptors (Lipinski definition) is 7. The average molecular weight is 397 g/mol. The molecule has 0 bridgehead atoms. The summed E-state index contributed by atoms with van der Waals surface area (Å²) in [5, 5.41) is 3.17. The summed E-state index contributed by atoms with van der Waals surface area (Å²) in [4.78, 5) is 24.8. The number of rotatable bonds is 7. The van der Waals surface area contributed by atoms with Crippen molar-refractivity contribution in [3.05, 3.63) is 66.7 Å². The lowest BCUT2D eigenvalue weighted by Gasteiger charge is -2.33. The van der Waals surface area contributed by atoms with Crippen molar-refractivity contribution in [2.45, 2.75) is 18.1 Å². The molecule has 2 atom stereocenters. The molecule has 29 heavy (non-hydrogen) atoms. The Kier molecular flexibility index (Phi) is 6.31. The van der Waals surface area contributed by atoms with Gasteiger partial charge in [-0.25, -0.2) is 9.59 Å². The van der Waals surface area contributed by atoms with Crippen molar-refractivity contribution in [2.75, 3.05) is 20.8 Å². The third-order valence-corrected chi connectivity index (χ3v) is 4.84. The van der Waals surface area contributed by atoms with Gasteiger partial charge in [0.15, 0.2) is 5.54 Å². The van der Waals surface area contributed by atoms with E-state index >= 15 is 0 Å². The first-order chi connectivity index (χ1) is 14.0. The van der Waals surface area contributed by atoms with Gasteiger partial charge in [0.25, 0.3) is 0 Å². The molecule has 0 saturated carbocycles. The summed E-state index contributed by atoms with van der Waals surface area (Å²) in [5.74, 6) is 0.00617. The van der Waals surface area contributed by atoms with Crippen LogP contribution in [-0.2, 0) is 24.6 Å². The monoisotopic (exact) mass is 397 g/mol. The zero-order chi connectivity index (χ0) is 20.9. The molecule has 2 aromatic rings. The molecule has 1 fully saturated rings. The van der Waals surface area contributed by atoms with E-state index in [1.165, 1.54) is 7.11 Å². The minimum Gasteiger partial charge on any atom is -0.497 e. The SMILES string of the molecule is C=CC(=O)OC(=O)C1(c2ccccc2Oc2cccc(OC)c2)NCCC1OC. The lowest BCUT2D eigenvalue weighted by Crippen LogP contribution is -2.53. The zero-order valence-corrected chi connectivity index (χ0v) is 16.3. The Morgan fingerprint density at radius 2 is 1.90 bits per heavy atom. The first-order valence-corrected chi connectivity index (χ1v) is 9.13. The van der Waals surface area contributed by atoms with Crippen molar-refractivity contribution >= 4 is 11.9 Å². The van der Waals surface area contributed by atoms with Gasteiger partial charge in [0.2, 0.25) is 0 Å². The van der Waals surface area contributed by atoms with E-state index in [9.17, 15) is 9.59 Å². The van der Waals surface area contributed by atoms with Gasteiger partial charge < -0.3 is 18.9 Å². The van der Waals surface area contributed by atoms with Crippen LogP contribution in [0.4, 0.5) is 0 Å². The second-order valence-corrected chi connectivity index (χ2v) is 6.44. The molecule has 0 radical (unpaired) electrons. The van der Waals surface area contributed by atoms with Crippen LogP contribution in [0.5, 0.6) is 17.2 Å². The van der Waals surface area contributed by atoms with Crippen molar-refractivity contribution in [1.82, 2.24) is 5.32 Å². The van der Waals surface area contributed by atoms with Crippen LogP contribution in [0.3, 0.4) is 0 Å². The molecule has 2 unspecified atom stereocenters. The summed E-state index contributed by atoms with van der Waals surface area (Å²) in [6.45, 7) is 3.85. The smallest absolute Gasteiger partial charge is 0.341 e. The molecule has 0 amide bonds. The molecule has 0 spiro atoms. The van der Waals surface area contributed by atoms with Gasteiger partial charge in [-0.15, -0.1) is 0 Å². The van der Waals surface area contributed by atoms with Crippen LogP contribution in [0.1, 0.15) is 12.0 Å². The van der Waals surface area contributed by atoms with Crippen LogP contribution in [0, 0.1) is 0 Å². The van der Waals surface area contributed by atoms with Crippen LogP contribution >= 0.6 is 0 Å². The van der Waals surface area contributed by atoms with Gasteiger partial charge in [-0.2, -0.15) is 0 Å². The molecule has 0 aliphatic carbocycles. The number of para-hydroxylation sites is 1. The molecule has 152 valence electrons. The Morgan fingerprint density at radius 3 is 2.62 bits per heavy atom. The predicted molar refractivity (Wildman–Crippen MR) is 106 cm³/mol. The van der Waals surface area contributed by atoms with E-state index < -0.39 is 23.6 Å². The lowest BCUT2D eigenvalue weighted by molar-refractivity contribution is -0.165. The topological polar surface area (TPSA) is 83.1 Å². The Morgan fingerprint density at radius 1 is 1.14 bits per heavy atom. The summed E-state index contributed by atoms with van der Waals surface area (Å²) >= 11 is 0. The van der Waals surface area contributed by atoms with Crippen LogP contribution in [0.2, 0.25) is 0 Å². The molecule has 1 aliphatic rings. The number of nitrogens with one attached hydrogen (secondary N) is 1. The molecule has 3 rings (SSSR count). The fourth-order valence-electron chi connectivity index (χ4n) is 3.49. The highest BCUT2D eigenvalue weighted by Gasteiger charge is 2.54. The molecule has 1 saturated heterocycles. The maximum atomic E-state index is 13.1. The molecule has 1 aliphatic heterocycles. The van der Waals surface area contributed by atoms with Crippen molar-refractivity contribution in [3.8, 4) is 17.2 Å². The first-order valence-electron chi connectivity index (χ1n) is 9.13. The standard InChI is InChI=1S/C22H23NO6/c1-4-20(24)29-21(25)22(19(27-3)12-13-23-22)17-10-5-6-11-18(17)28-16-9-7-8-15(14-16)26-2/h4-11,14,19,23H,1,12-13H2,2-3H3. The minimum atomic E-state index is -1.40. The van der Waals surface area contributed by atoms with Gasteiger partial charge >= 0.3 is 11.9 Å². The summed E-state index contributed by atoms with van der Waals surface area (Å²) in [6, 6.07) is 14.2. The molecule has 0 aromatic heterocycles. The van der Waals surface area contributed by atoms with Crippen molar-refractivity contribution < 1.29 is 28.5 Å². The maximum absolute atomic E-state index is 13.1. The van der Waals surface area contributed by atoms with E-state index in [2.05, 4.69) is 11.9 Å². The molecule has 7 nitrogen and oxygen atoms in total. The normalized spacial score (nSPS) is 20.7. The van der Waals surface area contributed by atoms with Crippen LogP contribution in [-0.4, -0.2) is 38.8 Å². The largest absolute Gasteiger partial charge is 0.497 e. The van der Waals surface area contributed by atoms with Gasteiger partial charge in [-0.3, -0.25) is 5.32 Å². The fourth-order valence-corrected chi connectivity index (χ4v) is 3.49. The molecular weight excluding hydrogens is 374 g/mol. The minimum absolute atomic E-state index is 0.431. The number of carbonyl (C=O) groups is 2. The van der Waals surface area contributed by atoms with E-state index in [0.717, 1.165) is 6.08 Å². The van der Waals surface area contributed by atoms with Crippen LogP contribution < -0.4 is 14.8 Å². The molecular formula is C22H23NO6. The van der Waals surface area contributed by atoms with Gasteiger partial charge in [0.05, 0.1) is 13.2 Å². The fraction of sp³-hybridized carbons (Fsp3) is 0.273. The van der Waals surface area contributed by atoms with Crippen molar-refractivity contribution in [1.29, 1.82) is 0 Å². The lowest BCUT2D eigenvalue weighted by atomic mass is 9.85. The highest BCUT2D eigenvalue weighted by molar-refractivity contribution is 5.97. The summed E-state index contributed by atoms with van der Waals surface area (Å²) in [5.41, 5.74) is -0.892. The van der Waals surface area contributed by atoms with E-state index in [4.69, 9.17) is 18.9 Å².